The third kappa shape index (κ3) is 6.79. The maximum absolute atomic E-state index is 9.95. The van der Waals surface area contributed by atoms with Gasteiger partial charge in [0.15, 0.2) is 8.32 Å². The molecule has 3 nitrogen and oxygen atoms in total. The van der Waals surface area contributed by atoms with Gasteiger partial charge in [0.05, 0.1) is 0 Å². The Morgan fingerprint density at radius 2 is 1.92 bits per heavy atom. The van der Waals surface area contributed by atoms with Gasteiger partial charge in [0, 0.05) is 0 Å². The highest BCUT2D eigenvalue weighted by Gasteiger charge is 2.23. The molecule has 0 aromatic rings. The van der Waals surface area contributed by atoms with Gasteiger partial charge in [0.25, 0.3) is 0 Å². The van der Waals surface area contributed by atoms with Crippen LogP contribution < -0.4 is 5.73 Å². The Morgan fingerprint density at radius 3 is 2.33 bits per heavy atom. The summed E-state index contributed by atoms with van der Waals surface area (Å²) in [6, 6.07) is 1.90. The predicted octanol–water partition coefficient (Wildman–Crippen LogP) is 0.464. The maximum Gasteiger partial charge on any atom is 0.186 e. The van der Waals surface area contributed by atoms with Gasteiger partial charge in [-0.15, -0.1) is 0 Å². The first-order valence-electron chi connectivity index (χ1n) is 4.55. The maximum atomic E-state index is 9.95. The van der Waals surface area contributed by atoms with E-state index in [0.717, 1.165) is 25.1 Å². The van der Waals surface area contributed by atoms with Crippen LogP contribution in [0.4, 0.5) is 0 Å². The highest BCUT2D eigenvalue weighted by atomic mass is 28.4. The van der Waals surface area contributed by atoms with Crippen LogP contribution in [0.15, 0.2) is 0 Å². The highest BCUT2D eigenvalue weighted by molar-refractivity contribution is 6.71. The number of hydrogen-bond acceptors (Lipinski definition) is 3. The van der Waals surface area contributed by atoms with Crippen LogP contribution in [0.5, 0.6) is 0 Å². The molecule has 12 heavy (non-hydrogen) atoms. The largest absolute Gasteiger partial charge is 0.432 e. The topological polar surface area (TPSA) is 49.5 Å². The average Bonchev–Trinajstić information content (AvgIpc) is 1.98. The molecule has 3 N–H and O–H groups in total. The summed E-state index contributed by atoms with van der Waals surface area (Å²) in [5.41, 5.74) is 5.39. The molecule has 0 saturated carbocycles. The van der Waals surface area contributed by atoms with Crippen LogP contribution in [0.2, 0.25) is 18.6 Å². The van der Waals surface area contributed by atoms with Crippen LogP contribution >= 0.6 is 0 Å². The highest BCUT2D eigenvalue weighted by Crippen LogP contribution is 2.13. The van der Waals surface area contributed by atoms with Gasteiger partial charge in [0.2, 0.25) is 0 Å². The molecular formula is C8H22N2OSi. The van der Waals surface area contributed by atoms with Crippen LogP contribution in [-0.4, -0.2) is 45.2 Å². The van der Waals surface area contributed by atoms with Crippen LogP contribution in [0, 0.1) is 0 Å². The minimum Gasteiger partial charge on any atom is -0.432 e. The number of rotatable bonds is 6. The van der Waals surface area contributed by atoms with E-state index in [1.165, 1.54) is 0 Å². The number of hydrogen-bond donors (Lipinski definition) is 2. The average molecular weight is 190 g/mol. The molecule has 0 fully saturated rings. The Balaban J connectivity index is 3.56. The molecule has 0 saturated heterocycles. The molecular weight excluding hydrogens is 168 g/mol. The predicted molar refractivity (Wildman–Crippen MR) is 55.7 cm³/mol. The van der Waals surface area contributed by atoms with E-state index in [0.29, 0.717) is 6.54 Å². The molecule has 0 heterocycles. The lowest BCUT2D eigenvalue weighted by molar-refractivity contribution is 0.416. The first-order chi connectivity index (χ1) is 5.48. The third-order valence-corrected chi connectivity index (χ3v) is 4.75. The Hall–Kier alpha value is 0.0969. The summed E-state index contributed by atoms with van der Waals surface area (Å²) in [6.07, 6.45) is 0.965. The van der Waals surface area contributed by atoms with Gasteiger partial charge >= 0.3 is 0 Å². The Bertz CT molecular complexity index is 118. The summed E-state index contributed by atoms with van der Waals surface area (Å²) in [5.74, 6) is 0. The summed E-state index contributed by atoms with van der Waals surface area (Å²) in [7, 11) is 2.16. The standard InChI is InChI=1S/C8H22N2OSi/c1-10(2)6-8-12(3,11)7-4-5-9/h11H,4-9H2,1-3H3. The molecule has 0 rings (SSSR count). The van der Waals surface area contributed by atoms with Crippen molar-refractivity contribution in [1.29, 1.82) is 0 Å². The molecule has 0 aromatic carbocycles. The van der Waals surface area contributed by atoms with Gasteiger partial charge in [-0.3, -0.25) is 0 Å². The van der Waals surface area contributed by atoms with Gasteiger partial charge < -0.3 is 15.4 Å². The molecule has 0 aliphatic rings. The lowest BCUT2D eigenvalue weighted by Crippen LogP contribution is -2.34. The normalized spacial score (nSPS) is 16.5. The first-order valence-corrected chi connectivity index (χ1v) is 7.41. The summed E-state index contributed by atoms with van der Waals surface area (Å²) in [4.78, 5) is 12.1. The monoisotopic (exact) mass is 190 g/mol. The minimum atomic E-state index is -1.91. The van der Waals surface area contributed by atoms with Crippen LogP contribution in [0.3, 0.4) is 0 Å². The van der Waals surface area contributed by atoms with Crippen molar-refractivity contribution in [3.05, 3.63) is 0 Å². The fraction of sp³-hybridized carbons (Fsp3) is 1.00. The van der Waals surface area contributed by atoms with Gasteiger partial charge in [-0.25, -0.2) is 0 Å². The molecule has 1 unspecified atom stereocenters. The van der Waals surface area contributed by atoms with Gasteiger partial charge in [0.1, 0.15) is 0 Å². The molecule has 4 heteroatoms. The second-order valence-electron chi connectivity index (χ2n) is 3.94. The molecule has 74 valence electrons. The second kappa shape index (κ2) is 5.69. The first kappa shape index (κ1) is 12.1. The quantitative estimate of drug-likeness (QED) is 0.598. The zero-order chi connectivity index (χ0) is 9.61. The van der Waals surface area contributed by atoms with Crippen molar-refractivity contribution in [3.8, 4) is 0 Å². The smallest absolute Gasteiger partial charge is 0.186 e. The summed E-state index contributed by atoms with van der Waals surface area (Å²) >= 11 is 0. The van der Waals surface area contributed by atoms with Gasteiger partial charge in [-0.05, 0) is 52.2 Å². The van der Waals surface area contributed by atoms with Crippen LogP contribution in [-0.2, 0) is 0 Å². The molecule has 0 spiro atoms. The summed E-state index contributed by atoms with van der Waals surface area (Å²) < 4.78 is 0. The Morgan fingerprint density at radius 1 is 1.33 bits per heavy atom. The van der Waals surface area contributed by atoms with Crippen molar-refractivity contribution >= 4 is 8.32 Å². The summed E-state index contributed by atoms with van der Waals surface area (Å²) in [5, 5.41) is 0. The van der Waals surface area contributed by atoms with Crippen molar-refractivity contribution in [3.63, 3.8) is 0 Å². The molecule has 0 aliphatic heterocycles. The van der Waals surface area contributed by atoms with Crippen molar-refractivity contribution in [1.82, 2.24) is 4.90 Å². The van der Waals surface area contributed by atoms with Gasteiger partial charge in [-0.2, -0.15) is 0 Å². The molecule has 0 aliphatic carbocycles. The fourth-order valence-electron chi connectivity index (χ4n) is 1.07. The van der Waals surface area contributed by atoms with Crippen molar-refractivity contribution in [2.75, 3.05) is 27.2 Å². The van der Waals surface area contributed by atoms with E-state index >= 15 is 0 Å². The van der Waals surface area contributed by atoms with Gasteiger partial charge in [-0.1, -0.05) is 0 Å². The van der Waals surface area contributed by atoms with E-state index in [1.807, 2.05) is 20.6 Å². The van der Waals surface area contributed by atoms with E-state index in [4.69, 9.17) is 5.73 Å². The summed E-state index contributed by atoms with van der Waals surface area (Å²) in [6.45, 7) is 3.71. The van der Waals surface area contributed by atoms with E-state index in [-0.39, 0.29) is 0 Å². The minimum absolute atomic E-state index is 0.700. The lowest BCUT2D eigenvalue weighted by atomic mass is 10.5. The molecule has 1 atom stereocenters. The fourth-order valence-corrected chi connectivity index (χ4v) is 3.22. The van der Waals surface area contributed by atoms with Crippen molar-refractivity contribution < 1.29 is 4.80 Å². The van der Waals surface area contributed by atoms with E-state index in [1.54, 1.807) is 0 Å². The van der Waals surface area contributed by atoms with E-state index < -0.39 is 8.32 Å². The third-order valence-electron chi connectivity index (χ3n) is 2.02. The van der Waals surface area contributed by atoms with Crippen molar-refractivity contribution in [2.24, 2.45) is 5.73 Å². The van der Waals surface area contributed by atoms with E-state index in [9.17, 15) is 4.80 Å². The van der Waals surface area contributed by atoms with E-state index in [2.05, 4.69) is 4.90 Å². The lowest BCUT2D eigenvalue weighted by Gasteiger charge is -2.21. The molecule has 0 amide bonds. The molecule has 0 aromatic heterocycles. The number of nitrogens with two attached hydrogens (primary N) is 1. The van der Waals surface area contributed by atoms with Crippen molar-refractivity contribution in [2.45, 2.75) is 25.1 Å². The SMILES string of the molecule is CN(C)CC[Si](C)(O)CCCN. The number of nitrogens with zero attached hydrogens (tertiary/aromatic N) is 1. The van der Waals surface area contributed by atoms with Crippen LogP contribution in [0.25, 0.3) is 0 Å². The Kier molecular flexibility index (Phi) is 5.74. The molecule has 0 radical (unpaired) electrons. The second-order valence-corrected chi connectivity index (χ2v) is 7.94. The Labute approximate surface area is 76.7 Å². The zero-order valence-corrected chi connectivity index (χ0v) is 9.51. The zero-order valence-electron chi connectivity index (χ0n) is 8.51. The molecule has 0 bridgehead atoms. The van der Waals surface area contributed by atoms with Crippen LogP contribution in [0.1, 0.15) is 6.42 Å².